The molecule has 7 nitrogen and oxygen atoms in total. The molecule has 0 radical (unpaired) electrons. The quantitative estimate of drug-likeness (QED) is 0.417. The number of fused-ring (bicyclic) bond motifs is 1. The Bertz CT molecular complexity index is 1190. The van der Waals surface area contributed by atoms with E-state index >= 15 is 0 Å². The van der Waals surface area contributed by atoms with Gasteiger partial charge in [-0.25, -0.2) is 4.79 Å². The SMILES string of the molecule is CSCCC(NC(=O)C=Cc1cc(Cl)ccc1Cl)C(=O)Nc1ccc2oc(=O)[nH]c2c1. The van der Waals surface area contributed by atoms with Crippen LogP contribution in [0.1, 0.15) is 12.0 Å². The summed E-state index contributed by atoms with van der Waals surface area (Å²) in [7, 11) is 0. The molecule has 1 aromatic heterocycles. The van der Waals surface area contributed by atoms with E-state index < -0.39 is 17.7 Å². The molecule has 0 aliphatic carbocycles. The van der Waals surface area contributed by atoms with E-state index in [0.29, 0.717) is 44.6 Å². The third kappa shape index (κ3) is 6.40. The number of carbonyl (C=O) groups is 2. The van der Waals surface area contributed by atoms with Crippen LogP contribution in [-0.4, -0.2) is 34.8 Å². The first-order chi connectivity index (χ1) is 14.9. The van der Waals surface area contributed by atoms with E-state index in [1.54, 1.807) is 48.2 Å². The largest absolute Gasteiger partial charge is 0.417 e. The molecule has 1 unspecified atom stereocenters. The fourth-order valence-corrected chi connectivity index (χ4v) is 3.62. The molecule has 162 valence electrons. The Morgan fingerprint density at radius 3 is 2.81 bits per heavy atom. The fraction of sp³-hybridized carbons (Fsp3) is 0.190. The van der Waals surface area contributed by atoms with Crippen molar-refractivity contribution in [1.82, 2.24) is 10.3 Å². The monoisotopic (exact) mass is 479 g/mol. The zero-order chi connectivity index (χ0) is 22.4. The molecular formula is C21H19Cl2N3O4S. The minimum Gasteiger partial charge on any atom is -0.408 e. The highest BCUT2D eigenvalue weighted by Gasteiger charge is 2.20. The van der Waals surface area contributed by atoms with Crippen molar-refractivity contribution in [2.45, 2.75) is 12.5 Å². The van der Waals surface area contributed by atoms with Crippen LogP contribution in [0.15, 0.2) is 51.7 Å². The predicted molar refractivity (Wildman–Crippen MR) is 126 cm³/mol. The molecule has 2 aromatic carbocycles. The number of halogens is 2. The van der Waals surface area contributed by atoms with Crippen LogP contribution in [0.3, 0.4) is 0 Å². The normalized spacial score (nSPS) is 12.2. The number of benzene rings is 2. The summed E-state index contributed by atoms with van der Waals surface area (Å²) < 4.78 is 4.95. The van der Waals surface area contributed by atoms with Crippen LogP contribution >= 0.6 is 35.0 Å². The van der Waals surface area contributed by atoms with Crippen molar-refractivity contribution in [2.75, 3.05) is 17.3 Å². The zero-order valence-corrected chi connectivity index (χ0v) is 18.7. The Kier molecular flexibility index (Phi) is 7.84. The first kappa shape index (κ1) is 23.0. The van der Waals surface area contributed by atoms with Crippen LogP contribution in [0.5, 0.6) is 0 Å². The molecule has 3 N–H and O–H groups in total. The average Bonchev–Trinajstić information content (AvgIpc) is 3.10. The highest BCUT2D eigenvalue weighted by Crippen LogP contribution is 2.22. The second kappa shape index (κ2) is 10.6. The molecule has 0 spiro atoms. The number of oxazole rings is 1. The molecule has 0 aliphatic rings. The Morgan fingerprint density at radius 2 is 2.03 bits per heavy atom. The molecule has 1 heterocycles. The van der Waals surface area contributed by atoms with Gasteiger partial charge in [0, 0.05) is 21.8 Å². The van der Waals surface area contributed by atoms with E-state index in [1.807, 2.05) is 6.26 Å². The van der Waals surface area contributed by atoms with Gasteiger partial charge in [0.1, 0.15) is 6.04 Å². The number of anilines is 1. The number of hydrogen-bond acceptors (Lipinski definition) is 5. The van der Waals surface area contributed by atoms with Crippen molar-refractivity contribution >= 4 is 69.6 Å². The summed E-state index contributed by atoms with van der Waals surface area (Å²) in [6.07, 6.45) is 5.20. The van der Waals surface area contributed by atoms with Gasteiger partial charge in [-0.05, 0) is 66.5 Å². The van der Waals surface area contributed by atoms with Gasteiger partial charge in [0.05, 0.1) is 5.52 Å². The lowest BCUT2D eigenvalue weighted by Gasteiger charge is -2.17. The maximum absolute atomic E-state index is 12.8. The number of amides is 2. The lowest BCUT2D eigenvalue weighted by molar-refractivity contribution is -0.123. The lowest BCUT2D eigenvalue weighted by atomic mass is 10.1. The second-order valence-corrected chi connectivity index (χ2v) is 8.39. The van der Waals surface area contributed by atoms with E-state index in [-0.39, 0.29) is 5.91 Å². The van der Waals surface area contributed by atoms with Crippen molar-refractivity contribution in [1.29, 1.82) is 0 Å². The van der Waals surface area contributed by atoms with Crippen LogP contribution in [0.4, 0.5) is 5.69 Å². The van der Waals surface area contributed by atoms with Crippen LogP contribution in [-0.2, 0) is 9.59 Å². The van der Waals surface area contributed by atoms with Crippen molar-refractivity contribution in [3.63, 3.8) is 0 Å². The molecular weight excluding hydrogens is 461 g/mol. The van der Waals surface area contributed by atoms with E-state index in [0.717, 1.165) is 0 Å². The Morgan fingerprint density at radius 1 is 1.23 bits per heavy atom. The molecule has 31 heavy (non-hydrogen) atoms. The van der Waals surface area contributed by atoms with Gasteiger partial charge >= 0.3 is 5.76 Å². The number of nitrogens with one attached hydrogen (secondary N) is 3. The van der Waals surface area contributed by atoms with Gasteiger partial charge in [0.25, 0.3) is 0 Å². The summed E-state index contributed by atoms with van der Waals surface area (Å²) >= 11 is 13.6. The van der Waals surface area contributed by atoms with E-state index in [9.17, 15) is 14.4 Å². The highest BCUT2D eigenvalue weighted by molar-refractivity contribution is 7.98. The summed E-state index contributed by atoms with van der Waals surface area (Å²) in [5.74, 6) is -0.708. The second-order valence-electron chi connectivity index (χ2n) is 6.56. The maximum Gasteiger partial charge on any atom is 0.417 e. The van der Waals surface area contributed by atoms with Gasteiger partial charge in [-0.3, -0.25) is 14.6 Å². The summed E-state index contributed by atoms with van der Waals surface area (Å²) in [5, 5.41) is 6.43. The number of aromatic amines is 1. The molecule has 10 heteroatoms. The minimum atomic E-state index is -0.751. The van der Waals surface area contributed by atoms with Gasteiger partial charge in [-0.2, -0.15) is 11.8 Å². The Labute approximate surface area is 192 Å². The van der Waals surface area contributed by atoms with Crippen LogP contribution in [0.2, 0.25) is 10.0 Å². The van der Waals surface area contributed by atoms with Gasteiger partial charge in [-0.1, -0.05) is 23.2 Å². The molecule has 0 saturated carbocycles. The molecule has 3 rings (SSSR count). The standard InChI is InChI=1S/C21H19Cl2N3O4S/c1-31-9-8-16(25-19(27)7-2-12-10-13(22)3-5-15(12)23)20(28)24-14-4-6-18-17(11-14)26-21(29)30-18/h2-7,10-11,16H,8-9H2,1H3,(H,24,28)(H,25,27)(H,26,29). The molecule has 0 aliphatic heterocycles. The van der Waals surface area contributed by atoms with Gasteiger partial charge in [0.15, 0.2) is 5.58 Å². The topological polar surface area (TPSA) is 104 Å². The van der Waals surface area contributed by atoms with Gasteiger partial charge in [0.2, 0.25) is 11.8 Å². The van der Waals surface area contributed by atoms with Crippen LogP contribution in [0, 0.1) is 0 Å². The maximum atomic E-state index is 12.8. The summed E-state index contributed by atoms with van der Waals surface area (Å²) in [5.41, 5.74) is 1.92. The molecule has 0 saturated heterocycles. The number of hydrogen-bond donors (Lipinski definition) is 3. The molecule has 0 bridgehead atoms. The Hall–Kier alpha value is -2.68. The smallest absolute Gasteiger partial charge is 0.408 e. The van der Waals surface area contributed by atoms with E-state index in [4.69, 9.17) is 27.6 Å². The van der Waals surface area contributed by atoms with Crippen molar-refractivity contribution in [2.24, 2.45) is 0 Å². The van der Waals surface area contributed by atoms with E-state index in [2.05, 4.69) is 15.6 Å². The van der Waals surface area contributed by atoms with Gasteiger partial charge < -0.3 is 15.1 Å². The predicted octanol–water partition coefficient (Wildman–Crippen LogP) is 4.32. The number of thioether (sulfide) groups is 1. The van der Waals surface area contributed by atoms with Crippen molar-refractivity contribution in [3.05, 3.63) is 68.6 Å². The number of H-pyrrole nitrogens is 1. The summed E-state index contributed by atoms with van der Waals surface area (Å²) in [4.78, 5) is 39.0. The third-order valence-corrected chi connectivity index (χ3v) is 5.53. The Balaban J connectivity index is 1.69. The first-order valence-electron chi connectivity index (χ1n) is 9.22. The third-order valence-electron chi connectivity index (χ3n) is 4.30. The molecule has 0 fully saturated rings. The average molecular weight is 480 g/mol. The molecule has 3 aromatic rings. The van der Waals surface area contributed by atoms with Gasteiger partial charge in [-0.15, -0.1) is 0 Å². The van der Waals surface area contributed by atoms with Crippen molar-refractivity contribution < 1.29 is 14.0 Å². The number of rotatable bonds is 8. The first-order valence-corrected chi connectivity index (χ1v) is 11.4. The molecule has 1 atom stereocenters. The minimum absolute atomic E-state index is 0.373. The summed E-state index contributed by atoms with van der Waals surface area (Å²) in [6, 6.07) is 8.97. The lowest BCUT2D eigenvalue weighted by Crippen LogP contribution is -2.43. The van der Waals surface area contributed by atoms with Crippen LogP contribution < -0.4 is 16.4 Å². The fourth-order valence-electron chi connectivity index (χ4n) is 2.79. The number of aromatic nitrogens is 1. The number of carbonyl (C=O) groups excluding carboxylic acids is 2. The van der Waals surface area contributed by atoms with Crippen LogP contribution in [0.25, 0.3) is 17.2 Å². The molecule has 2 amide bonds. The highest BCUT2D eigenvalue weighted by atomic mass is 35.5. The van der Waals surface area contributed by atoms with Crippen molar-refractivity contribution in [3.8, 4) is 0 Å². The van der Waals surface area contributed by atoms with E-state index in [1.165, 1.54) is 12.2 Å². The zero-order valence-electron chi connectivity index (χ0n) is 16.4. The summed E-state index contributed by atoms with van der Waals surface area (Å²) in [6.45, 7) is 0.